The third-order valence-corrected chi connectivity index (χ3v) is 4.00. The van der Waals surface area contributed by atoms with Gasteiger partial charge in [-0.3, -0.25) is 9.79 Å². The number of carbonyl (C=O) groups is 1. The Bertz CT molecular complexity index is 714. The summed E-state index contributed by atoms with van der Waals surface area (Å²) >= 11 is 1.60. The van der Waals surface area contributed by atoms with E-state index in [2.05, 4.69) is 20.6 Å². The second-order valence-corrected chi connectivity index (χ2v) is 6.23. The van der Waals surface area contributed by atoms with E-state index in [9.17, 15) is 9.18 Å². The van der Waals surface area contributed by atoms with Crippen molar-refractivity contribution in [3.63, 3.8) is 0 Å². The van der Waals surface area contributed by atoms with Gasteiger partial charge in [-0.2, -0.15) is 0 Å². The number of guanidine groups is 1. The molecule has 0 aliphatic heterocycles. The maximum absolute atomic E-state index is 12.8. The highest BCUT2D eigenvalue weighted by atomic mass is 32.1. The molecule has 6 nitrogen and oxygen atoms in total. The molecule has 0 aliphatic rings. The first kappa shape index (κ1) is 17.9. The largest absolute Gasteiger partial charge is 0.347 e. The molecule has 2 aromatic rings. The molecule has 1 aromatic heterocycles. The van der Waals surface area contributed by atoms with Crippen molar-refractivity contribution in [3.8, 4) is 0 Å². The fraction of sp³-hybridized carbons (Fsp3) is 0.312. The minimum absolute atomic E-state index is 0.0600. The highest BCUT2D eigenvalue weighted by Crippen LogP contribution is 2.10. The van der Waals surface area contributed by atoms with Crippen molar-refractivity contribution in [2.45, 2.75) is 13.5 Å². The number of hydrogen-bond acceptors (Lipinski definition) is 4. The smallest absolute Gasteiger partial charge is 0.243 e. The van der Waals surface area contributed by atoms with Crippen LogP contribution in [0.3, 0.4) is 0 Å². The number of aromatic nitrogens is 1. The summed E-state index contributed by atoms with van der Waals surface area (Å²) in [6.45, 7) is 2.62. The van der Waals surface area contributed by atoms with Crippen LogP contribution < -0.4 is 10.6 Å². The molecule has 0 aliphatic carbocycles. The Hall–Kier alpha value is -2.48. The van der Waals surface area contributed by atoms with Crippen LogP contribution in [0.5, 0.6) is 0 Å². The Morgan fingerprint density at radius 3 is 2.67 bits per heavy atom. The molecule has 24 heavy (non-hydrogen) atoms. The Labute approximate surface area is 144 Å². The third kappa shape index (κ3) is 5.31. The minimum Gasteiger partial charge on any atom is -0.347 e. The standard InChI is InChI=1S/C16H20FN5OS/c1-11-20-14(10-24-11)9-22(3)16(18-2)19-8-15(23)21-13-6-4-12(17)5-7-13/h4-7,10H,8-9H2,1-3H3,(H,18,19)(H,21,23). The van der Waals surface area contributed by atoms with Crippen molar-refractivity contribution < 1.29 is 9.18 Å². The predicted molar refractivity (Wildman–Crippen MR) is 94.7 cm³/mol. The molecule has 0 radical (unpaired) electrons. The van der Waals surface area contributed by atoms with Gasteiger partial charge in [0.25, 0.3) is 0 Å². The summed E-state index contributed by atoms with van der Waals surface area (Å²) < 4.78 is 12.8. The van der Waals surface area contributed by atoms with Crippen LogP contribution in [0, 0.1) is 12.7 Å². The topological polar surface area (TPSA) is 69.6 Å². The number of aryl methyl sites for hydroxylation is 1. The van der Waals surface area contributed by atoms with Crippen LogP contribution in [0.15, 0.2) is 34.6 Å². The molecule has 8 heteroatoms. The van der Waals surface area contributed by atoms with Crippen LogP contribution in [-0.4, -0.2) is 42.4 Å². The maximum atomic E-state index is 12.8. The summed E-state index contributed by atoms with van der Waals surface area (Å²) in [7, 11) is 3.53. The van der Waals surface area contributed by atoms with Crippen molar-refractivity contribution in [1.82, 2.24) is 15.2 Å². The Kier molecular flexibility index (Phi) is 6.25. The van der Waals surface area contributed by atoms with Gasteiger partial charge in [-0.25, -0.2) is 9.37 Å². The Balaban J connectivity index is 1.83. The summed E-state index contributed by atoms with van der Waals surface area (Å²) in [6.07, 6.45) is 0. The summed E-state index contributed by atoms with van der Waals surface area (Å²) in [5.41, 5.74) is 1.50. The lowest BCUT2D eigenvalue weighted by Gasteiger charge is -2.21. The number of anilines is 1. The van der Waals surface area contributed by atoms with Crippen molar-refractivity contribution in [3.05, 3.63) is 46.2 Å². The predicted octanol–water partition coefficient (Wildman–Crippen LogP) is 2.24. The number of nitrogens with zero attached hydrogens (tertiary/aromatic N) is 3. The molecule has 0 unspecified atom stereocenters. The number of halogens is 1. The molecule has 0 spiro atoms. The number of nitrogens with one attached hydrogen (secondary N) is 2. The number of thiazole rings is 1. The molecule has 0 atom stereocenters. The molecule has 1 heterocycles. The number of amides is 1. The van der Waals surface area contributed by atoms with Crippen LogP contribution in [-0.2, 0) is 11.3 Å². The van der Waals surface area contributed by atoms with Gasteiger partial charge >= 0.3 is 0 Å². The van der Waals surface area contributed by atoms with Crippen molar-refractivity contribution in [2.24, 2.45) is 4.99 Å². The number of benzene rings is 1. The van der Waals surface area contributed by atoms with Gasteiger partial charge in [0, 0.05) is 25.2 Å². The van der Waals surface area contributed by atoms with Gasteiger partial charge in [0.15, 0.2) is 5.96 Å². The number of hydrogen-bond donors (Lipinski definition) is 2. The molecule has 1 amide bonds. The fourth-order valence-corrected chi connectivity index (χ4v) is 2.68. The molecule has 0 fully saturated rings. The van der Waals surface area contributed by atoms with Gasteiger partial charge < -0.3 is 15.5 Å². The van der Waals surface area contributed by atoms with E-state index in [-0.39, 0.29) is 18.3 Å². The van der Waals surface area contributed by atoms with Crippen LogP contribution in [0.4, 0.5) is 10.1 Å². The molecule has 0 bridgehead atoms. The lowest BCUT2D eigenvalue weighted by Crippen LogP contribution is -2.42. The zero-order chi connectivity index (χ0) is 17.5. The SMILES string of the molecule is CN=C(NCC(=O)Nc1ccc(F)cc1)N(C)Cc1csc(C)n1. The molecular weight excluding hydrogens is 329 g/mol. The molecule has 128 valence electrons. The number of aliphatic imine (C=N–C) groups is 1. The molecule has 1 aromatic carbocycles. The molecule has 0 saturated carbocycles. The minimum atomic E-state index is -0.342. The highest BCUT2D eigenvalue weighted by molar-refractivity contribution is 7.09. The summed E-state index contributed by atoms with van der Waals surface area (Å²) in [6, 6.07) is 5.62. The van der Waals surface area contributed by atoms with Gasteiger partial charge in [0.05, 0.1) is 23.8 Å². The normalized spacial score (nSPS) is 11.2. The van der Waals surface area contributed by atoms with E-state index in [1.807, 2.05) is 24.3 Å². The lowest BCUT2D eigenvalue weighted by molar-refractivity contribution is -0.115. The van der Waals surface area contributed by atoms with E-state index >= 15 is 0 Å². The zero-order valence-electron chi connectivity index (χ0n) is 13.8. The van der Waals surface area contributed by atoms with Crippen LogP contribution >= 0.6 is 11.3 Å². The van der Waals surface area contributed by atoms with Crippen molar-refractivity contribution >= 4 is 28.9 Å². The van der Waals surface area contributed by atoms with E-state index in [1.54, 1.807) is 18.4 Å². The fourth-order valence-electron chi connectivity index (χ4n) is 2.08. The van der Waals surface area contributed by atoms with E-state index in [0.717, 1.165) is 10.7 Å². The maximum Gasteiger partial charge on any atom is 0.243 e. The second kappa shape index (κ2) is 8.39. The van der Waals surface area contributed by atoms with Crippen molar-refractivity contribution in [1.29, 1.82) is 0 Å². The van der Waals surface area contributed by atoms with Gasteiger partial charge in [-0.05, 0) is 31.2 Å². The first-order chi connectivity index (χ1) is 11.5. The van der Waals surface area contributed by atoms with Gasteiger partial charge in [-0.15, -0.1) is 11.3 Å². The molecule has 2 N–H and O–H groups in total. The zero-order valence-corrected chi connectivity index (χ0v) is 14.7. The monoisotopic (exact) mass is 349 g/mol. The molecular formula is C16H20FN5OS. The van der Waals surface area contributed by atoms with Crippen LogP contribution in [0.25, 0.3) is 0 Å². The van der Waals surface area contributed by atoms with Gasteiger partial charge in [0.2, 0.25) is 5.91 Å². The van der Waals surface area contributed by atoms with E-state index in [4.69, 9.17) is 0 Å². The highest BCUT2D eigenvalue weighted by Gasteiger charge is 2.10. The number of rotatable bonds is 5. The first-order valence-corrected chi connectivity index (χ1v) is 8.24. The molecule has 0 saturated heterocycles. The van der Waals surface area contributed by atoms with Crippen molar-refractivity contribution in [2.75, 3.05) is 26.0 Å². The summed E-state index contributed by atoms with van der Waals surface area (Å²) in [4.78, 5) is 22.4. The van der Waals surface area contributed by atoms with Gasteiger partial charge in [-0.1, -0.05) is 0 Å². The van der Waals surface area contributed by atoms with Crippen LogP contribution in [0.1, 0.15) is 10.7 Å². The van der Waals surface area contributed by atoms with E-state index in [1.165, 1.54) is 24.3 Å². The second-order valence-electron chi connectivity index (χ2n) is 5.17. The third-order valence-electron chi connectivity index (χ3n) is 3.17. The summed E-state index contributed by atoms with van der Waals surface area (Å²) in [5.74, 6) is 0.0148. The number of carbonyl (C=O) groups excluding carboxylic acids is 1. The quantitative estimate of drug-likeness (QED) is 0.642. The van der Waals surface area contributed by atoms with Gasteiger partial charge in [0.1, 0.15) is 5.82 Å². The average molecular weight is 349 g/mol. The van der Waals surface area contributed by atoms with E-state index < -0.39 is 0 Å². The summed E-state index contributed by atoms with van der Waals surface area (Å²) in [5, 5.41) is 8.70. The average Bonchev–Trinajstić information content (AvgIpc) is 2.95. The Morgan fingerprint density at radius 1 is 1.38 bits per heavy atom. The first-order valence-electron chi connectivity index (χ1n) is 7.36. The Morgan fingerprint density at radius 2 is 2.08 bits per heavy atom. The van der Waals surface area contributed by atoms with E-state index in [0.29, 0.717) is 18.2 Å². The molecule has 2 rings (SSSR count). The lowest BCUT2D eigenvalue weighted by atomic mass is 10.3. The van der Waals surface area contributed by atoms with Crippen LogP contribution in [0.2, 0.25) is 0 Å².